The van der Waals surface area contributed by atoms with Gasteiger partial charge in [-0.2, -0.15) is 0 Å². The van der Waals surface area contributed by atoms with Gasteiger partial charge in [0.1, 0.15) is 6.54 Å². The summed E-state index contributed by atoms with van der Waals surface area (Å²) in [6.45, 7) is 2.42. The number of aliphatic carboxylic acids is 1. The smallest absolute Gasteiger partial charge is 0.323 e. The molecule has 1 N–H and O–H groups in total. The molecule has 1 aromatic rings. The third-order valence-corrected chi connectivity index (χ3v) is 2.30. The van der Waals surface area contributed by atoms with Crippen molar-refractivity contribution in [1.29, 1.82) is 0 Å². The number of carboxylic acid groups (broad SMARTS) is 1. The topological polar surface area (TPSA) is 40.5 Å². The van der Waals surface area contributed by atoms with E-state index in [9.17, 15) is 4.79 Å². The third-order valence-electron chi connectivity index (χ3n) is 2.06. The van der Waals surface area contributed by atoms with Crippen molar-refractivity contribution in [3.05, 3.63) is 41.4 Å². The summed E-state index contributed by atoms with van der Waals surface area (Å²) in [5, 5.41) is 9.42. The summed E-state index contributed by atoms with van der Waals surface area (Å²) in [5.41, 5.74) is 0.813. The van der Waals surface area contributed by atoms with E-state index in [-0.39, 0.29) is 6.54 Å². The fourth-order valence-corrected chi connectivity index (χ4v) is 1.51. The summed E-state index contributed by atoms with van der Waals surface area (Å²) in [6, 6.07) is 7.17. The molecule has 3 nitrogen and oxygen atoms in total. The summed E-state index contributed by atoms with van der Waals surface area (Å²) in [4.78, 5) is 12.5. The van der Waals surface area contributed by atoms with Crippen molar-refractivity contribution in [3.8, 4) is 0 Å². The standard InChI is InChI=1S/C12H14ClNO2/c1-2-3-7-14(9-12(15)16)11-6-4-5-10(13)8-11/h2-6,8H,7,9H2,1H3,(H,15,16)/b3-2+. The molecular weight excluding hydrogens is 226 g/mol. The first-order valence-corrected chi connectivity index (χ1v) is 5.34. The Balaban J connectivity index is 2.86. The van der Waals surface area contributed by atoms with E-state index < -0.39 is 5.97 Å². The van der Waals surface area contributed by atoms with E-state index in [1.165, 1.54) is 0 Å². The highest BCUT2D eigenvalue weighted by atomic mass is 35.5. The largest absolute Gasteiger partial charge is 0.480 e. The van der Waals surface area contributed by atoms with Gasteiger partial charge in [0, 0.05) is 17.3 Å². The first kappa shape index (κ1) is 12.6. The van der Waals surface area contributed by atoms with Crippen LogP contribution in [-0.4, -0.2) is 24.2 Å². The number of benzene rings is 1. The third kappa shape index (κ3) is 3.95. The van der Waals surface area contributed by atoms with E-state index in [0.29, 0.717) is 11.6 Å². The maximum Gasteiger partial charge on any atom is 0.323 e. The Morgan fingerprint density at radius 3 is 2.88 bits per heavy atom. The number of hydrogen-bond acceptors (Lipinski definition) is 2. The van der Waals surface area contributed by atoms with Gasteiger partial charge >= 0.3 is 5.97 Å². The minimum atomic E-state index is -0.857. The molecule has 0 saturated heterocycles. The lowest BCUT2D eigenvalue weighted by Gasteiger charge is -2.21. The Morgan fingerprint density at radius 1 is 1.56 bits per heavy atom. The molecule has 1 aromatic carbocycles. The van der Waals surface area contributed by atoms with Crippen molar-refractivity contribution < 1.29 is 9.90 Å². The molecule has 0 aliphatic heterocycles. The molecule has 4 heteroatoms. The fourth-order valence-electron chi connectivity index (χ4n) is 1.33. The lowest BCUT2D eigenvalue weighted by molar-refractivity contribution is -0.135. The highest BCUT2D eigenvalue weighted by Crippen LogP contribution is 2.19. The first-order chi connectivity index (χ1) is 7.63. The van der Waals surface area contributed by atoms with Crippen molar-refractivity contribution in [1.82, 2.24) is 0 Å². The van der Waals surface area contributed by atoms with Crippen molar-refractivity contribution in [2.75, 3.05) is 18.0 Å². The number of hydrogen-bond donors (Lipinski definition) is 1. The monoisotopic (exact) mass is 239 g/mol. The van der Waals surface area contributed by atoms with Crippen LogP contribution in [0.1, 0.15) is 6.92 Å². The average Bonchev–Trinajstić information content (AvgIpc) is 2.23. The minimum absolute atomic E-state index is 0.0370. The highest BCUT2D eigenvalue weighted by Gasteiger charge is 2.09. The lowest BCUT2D eigenvalue weighted by Crippen LogP contribution is -2.29. The molecule has 0 fully saturated rings. The summed E-state index contributed by atoms with van der Waals surface area (Å²) >= 11 is 5.87. The fraction of sp³-hybridized carbons (Fsp3) is 0.250. The van der Waals surface area contributed by atoms with Gasteiger partial charge < -0.3 is 10.0 Å². The second-order valence-electron chi connectivity index (χ2n) is 3.32. The Bertz CT molecular complexity index is 390. The van der Waals surface area contributed by atoms with Crippen LogP contribution < -0.4 is 4.90 Å². The van der Waals surface area contributed by atoms with E-state index in [1.807, 2.05) is 31.2 Å². The molecule has 16 heavy (non-hydrogen) atoms. The molecule has 0 aromatic heterocycles. The zero-order valence-corrected chi connectivity index (χ0v) is 9.81. The second-order valence-corrected chi connectivity index (χ2v) is 3.76. The van der Waals surface area contributed by atoms with Crippen LogP contribution in [0.4, 0.5) is 5.69 Å². The van der Waals surface area contributed by atoms with Crippen LogP contribution in [-0.2, 0) is 4.79 Å². The van der Waals surface area contributed by atoms with Crippen LogP contribution >= 0.6 is 11.6 Å². The lowest BCUT2D eigenvalue weighted by atomic mass is 10.2. The van der Waals surface area contributed by atoms with Crippen LogP contribution in [0, 0.1) is 0 Å². The predicted molar refractivity (Wildman–Crippen MR) is 66.1 cm³/mol. The summed E-state index contributed by atoms with van der Waals surface area (Å²) < 4.78 is 0. The number of carboxylic acids is 1. The Hall–Kier alpha value is -1.48. The van der Waals surface area contributed by atoms with E-state index in [4.69, 9.17) is 16.7 Å². The van der Waals surface area contributed by atoms with Crippen LogP contribution in [0.5, 0.6) is 0 Å². The molecule has 0 aliphatic rings. The molecule has 1 rings (SSSR count). The highest BCUT2D eigenvalue weighted by molar-refractivity contribution is 6.30. The van der Waals surface area contributed by atoms with E-state index in [0.717, 1.165) is 5.69 Å². The summed E-state index contributed by atoms with van der Waals surface area (Å²) in [7, 11) is 0. The first-order valence-electron chi connectivity index (χ1n) is 4.97. The van der Waals surface area contributed by atoms with Crippen LogP contribution in [0.2, 0.25) is 5.02 Å². The maximum absolute atomic E-state index is 10.7. The molecule has 0 heterocycles. The summed E-state index contributed by atoms with van der Waals surface area (Å²) in [5.74, 6) is -0.857. The van der Waals surface area contributed by atoms with E-state index in [2.05, 4.69) is 0 Å². The van der Waals surface area contributed by atoms with Gasteiger partial charge in [0.2, 0.25) is 0 Å². The average molecular weight is 240 g/mol. The Labute approximate surface area is 100.0 Å². The Morgan fingerprint density at radius 2 is 2.31 bits per heavy atom. The van der Waals surface area contributed by atoms with E-state index >= 15 is 0 Å². The van der Waals surface area contributed by atoms with Crippen molar-refractivity contribution in [2.45, 2.75) is 6.92 Å². The SMILES string of the molecule is C/C=C/CN(CC(=O)O)c1cccc(Cl)c1. The quantitative estimate of drug-likeness (QED) is 0.804. The van der Waals surface area contributed by atoms with Crippen LogP contribution in [0.3, 0.4) is 0 Å². The molecule has 0 amide bonds. The molecular formula is C12H14ClNO2. The molecule has 0 aliphatic carbocycles. The molecule has 0 spiro atoms. The van der Waals surface area contributed by atoms with Gasteiger partial charge in [-0.25, -0.2) is 0 Å². The zero-order valence-electron chi connectivity index (χ0n) is 9.06. The van der Waals surface area contributed by atoms with Crippen LogP contribution in [0.15, 0.2) is 36.4 Å². The van der Waals surface area contributed by atoms with Gasteiger partial charge in [-0.3, -0.25) is 4.79 Å². The molecule has 0 atom stereocenters. The number of rotatable bonds is 5. The van der Waals surface area contributed by atoms with Crippen molar-refractivity contribution in [2.24, 2.45) is 0 Å². The van der Waals surface area contributed by atoms with Crippen molar-refractivity contribution in [3.63, 3.8) is 0 Å². The number of halogens is 1. The van der Waals surface area contributed by atoms with Gasteiger partial charge in [0.25, 0.3) is 0 Å². The van der Waals surface area contributed by atoms with Crippen molar-refractivity contribution >= 4 is 23.3 Å². The van der Waals surface area contributed by atoms with Gasteiger partial charge in [-0.15, -0.1) is 0 Å². The maximum atomic E-state index is 10.7. The van der Waals surface area contributed by atoms with Gasteiger partial charge in [-0.05, 0) is 25.1 Å². The zero-order chi connectivity index (χ0) is 12.0. The van der Waals surface area contributed by atoms with Gasteiger partial charge in [0.05, 0.1) is 0 Å². The predicted octanol–water partition coefficient (Wildman–Crippen LogP) is 2.81. The van der Waals surface area contributed by atoms with E-state index in [1.54, 1.807) is 17.0 Å². The number of nitrogens with zero attached hydrogens (tertiary/aromatic N) is 1. The Kier molecular flexibility index (Phi) is 4.86. The van der Waals surface area contributed by atoms with Gasteiger partial charge in [0.15, 0.2) is 0 Å². The molecule has 0 bridgehead atoms. The second kappa shape index (κ2) is 6.18. The molecule has 86 valence electrons. The number of allylic oxidation sites excluding steroid dienone is 1. The number of anilines is 1. The molecule has 0 radical (unpaired) electrons. The summed E-state index contributed by atoms with van der Waals surface area (Å²) in [6.07, 6.45) is 3.79. The van der Waals surface area contributed by atoms with Gasteiger partial charge in [-0.1, -0.05) is 29.8 Å². The molecule has 0 unspecified atom stereocenters. The molecule has 0 saturated carbocycles. The van der Waals surface area contributed by atoms with Crippen LogP contribution in [0.25, 0.3) is 0 Å². The minimum Gasteiger partial charge on any atom is -0.480 e. The number of carbonyl (C=O) groups is 1. The normalized spacial score (nSPS) is 10.6.